The van der Waals surface area contributed by atoms with Gasteiger partial charge in [-0.3, -0.25) is 0 Å². The van der Waals surface area contributed by atoms with Gasteiger partial charge in [0.1, 0.15) is 5.82 Å². The molecule has 1 saturated carbocycles. The molecule has 3 nitrogen and oxygen atoms in total. The zero-order valence-electron chi connectivity index (χ0n) is 12.0. The Morgan fingerprint density at radius 2 is 1.95 bits per heavy atom. The van der Waals surface area contributed by atoms with Crippen LogP contribution in [0.5, 0.6) is 0 Å². The molecule has 3 heteroatoms. The predicted octanol–water partition coefficient (Wildman–Crippen LogP) is 3.71. The first-order valence-electron chi connectivity index (χ1n) is 7.72. The summed E-state index contributed by atoms with van der Waals surface area (Å²) in [5.41, 5.74) is 6.03. The minimum atomic E-state index is 0.558. The first-order chi connectivity index (χ1) is 10.3. The van der Waals surface area contributed by atoms with E-state index in [1.807, 2.05) is 13.0 Å². The highest BCUT2D eigenvalue weighted by atomic mass is 15.0. The number of aromatic amines is 1. The first kappa shape index (κ1) is 11.5. The van der Waals surface area contributed by atoms with E-state index in [9.17, 15) is 0 Å². The molecule has 21 heavy (non-hydrogen) atoms. The van der Waals surface area contributed by atoms with E-state index in [-0.39, 0.29) is 0 Å². The van der Waals surface area contributed by atoms with Gasteiger partial charge in [-0.05, 0) is 54.9 Å². The molecule has 1 N–H and O–H groups in total. The topological polar surface area (TPSA) is 41.6 Å². The molecule has 1 aromatic carbocycles. The lowest BCUT2D eigenvalue weighted by atomic mass is 9.92. The fourth-order valence-electron chi connectivity index (χ4n) is 4.10. The van der Waals surface area contributed by atoms with Crippen LogP contribution in [-0.4, -0.2) is 15.0 Å². The van der Waals surface area contributed by atoms with Gasteiger partial charge in [0.15, 0.2) is 5.65 Å². The number of hydrogen-bond acceptors (Lipinski definition) is 2. The molecule has 0 spiro atoms. The Kier molecular flexibility index (Phi) is 2.16. The van der Waals surface area contributed by atoms with Gasteiger partial charge in [-0.1, -0.05) is 24.3 Å². The van der Waals surface area contributed by atoms with Gasteiger partial charge in [0.2, 0.25) is 0 Å². The van der Waals surface area contributed by atoms with Crippen molar-refractivity contribution in [3.63, 3.8) is 0 Å². The van der Waals surface area contributed by atoms with Crippen LogP contribution < -0.4 is 0 Å². The number of pyridine rings is 1. The Labute approximate surface area is 123 Å². The highest BCUT2D eigenvalue weighted by Crippen LogP contribution is 2.64. The van der Waals surface area contributed by atoms with Crippen molar-refractivity contribution in [2.75, 3.05) is 0 Å². The fraction of sp³-hybridized carbons (Fsp3) is 0.333. The highest BCUT2D eigenvalue weighted by molar-refractivity contribution is 5.71. The molecule has 104 valence electrons. The number of benzene rings is 1. The van der Waals surface area contributed by atoms with Crippen molar-refractivity contribution >= 4 is 11.2 Å². The number of rotatable bonds is 1. The summed E-state index contributed by atoms with van der Waals surface area (Å²) in [7, 11) is 0. The number of aryl methyl sites for hydroxylation is 2. The Balaban J connectivity index is 1.57. The smallest absolute Gasteiger partial charge is 0.177 e. The van der Waals surface area contributed by atoms with E-state index in [4.69, 9.17) is 4.98 Å². The second-order valence-electron chi connectivity index (χ2n) is 6.40. The maximum absolute atomic E-state index is 4.77. The molecule has 0 bridgehead atoms. The van der Waals surface area contributed by atoms with Gasteiger partial charge in [-0.15, -0.1) is 0 Å². The van der Waals surface area contributed by atoms with Crippen LogP contribution in [0.4, 0.5) is 0 Å². The third-order valence-electron chi connectivity index (χ3n) is 5.15. The van der Waals surface area contributed by atoms with Crippen LogP contribution in [0.25, 0.3) is 11.2 Å². The molecule has 0 radical (unpaired) electrons. The van der Waals surface area contributed by atoms with Gasteiger partial charge in [-0.2, -0.15) is 0 Å². The summed E-state index contributed by atoms with van der Waals surface area (Å²) >= 11 is 0. The quantitative estimate of drug-likeness (QED) is 0.735. The molecule has 0 saturated heterocycles. The van der Waals surface area contributed by atoms with E-state index in [0.29, 0.717) is 11.8 Å². The molecular formula is C18H17N3. The van der Waals surface area contributed by atoms with Crippen LogP contribution >= 0.6 is 0 Å². The van der Waals surface area contributed by atoms with Crippen molar-refractivity contribution in [1.29, 1.82) is 0 Å². The van der Waals surface area contributed by atoms with Crippen molar-refractivity contribution in [1.82, 2.24) is 15.0 Å². The lowest BCUT2D eigenvalue weighted by Gasteiger charge is -2.13. The average molecular weight is 275 g/mol. The largest absolute Gasteiger partial charge is 0.340 e. The molecule has 3 unspecified atom stereocenters. The van der Waals surface area contributed by atoms with Gasteiger partial charge in [0.25, 0.3) is 0 Å². The molecule has 2 aliphatic carbocycles. The number of imidazole rings is 1. The van der Waals surface area contributed by atoms with E-state index in [0.717, 1.165) is 28.6 Å². The molecule has 2 aliphatic rings. The number of hydrogen-bond donors (Lipinski definition) is 1. The second kappa shape index (κ2) is 3.94. The van der Waals surface area contributed by atoms with Gasteiger partial charge < -0.3 is 4.98 Å². The zero-order valence-corrected chi connectivity index (χ0v) is 12.0. The van der Waals surface area contributed by atoms with Crippen LogP contribution in [0.3, 0.4) is 0 Å². The van der Waals surface area contributed by atoms with Crippen LogP contribution in [0.2, 0.25) is 0 Å². The summed E-state index contributed by atoms with van der Waals surface area (Å²) in [5.74, 6) is 3.12. The minimum Gasteiger partial charge on any atom is -0.340 e. The number of nitrogens with zero attached hydrogens (tertiary/aromatic N) is 2. The minimum absolute atomic E-state index is 0.558. The predicted molar refractivity (Wildman–Crippen MR) is 82.4 cm³/mol. The summed E-state index contributed by atoms with van der Waals surface area (Å²) in [6, 6.07) is 13.0. The van der Waals surface area contributed by atoms with Crippen LogP contribution in [0, 0.1) is 12.8 Å². The normalized spacial score (nSPS) is 26.4. The molecule has 2 heterocycles. The maximum Gasteiger partial charge on any atom is 0.177 e. The number of fused-ring (bicyclic) bond motifs is 4. The summed E-state index contributed by atoms with van der Waals surface area (Å²) in [6.45, 7) is 2.01. The van der Waals surface area contributed by atoms with Crippen LogP contribution in [-0.2, 0) is 6.42 Å². The Hall–Kier alpha value is -2.16. The number of nitrogens with one attached hydrogen (secondary N) is 1. The second-order valence-corrected chi connectivity index (χ2v) is 6.40. The Morgan fingerprint density at radius 1 is 1.05 bits per heavy atom. The van der Waals surface area contributed by atoms with Gasteiger partial charge in [0.05, 0.1) is 5.52 Å². The molecule has 1 fully saturated rings. The standard InChI is InChI=1S/C18H17N3/c1-10-6-9-14-17(19-10)21-18(20-14)16-13-8-7-11-4-2-3-5-12(11)15(13)16/h2-6,9,13,15-16H,7-8H2,1H3,(H,19,20,21). The third-order valence-corrected chi connectivity index (χ3v) is 5.15. The summed E-state index contributed by atoms with van der Waals surface area (Å²) in [4.78, 5) is 12.8. The molecule has 3 aromatic rings. The maximum atomic E-state index is 4.77. The van der Waals surface area contributed by atoms with E-state index in [1.165, 1.54) is 18.4 Å². The van der Waals surface area contributed by atoms with Crippen molar-refractivity contribution < 1.29 is 0 Å². The van der Waals surface area contributed by atoms with E-state index in [1.54, 1.807) is 5.56 Å². The molecule has 0 aliphatic heterocycles. The lowest BCUT2D eigenvalue weighted by molar-refractivity contribution is 0.655. The summed E-state index contributed by atoms with van der Waals surface area (Å²) in [6.07, 6.45) is 2.50. The Morgan fingerprint density at radius 3 is 2.90 bits per heavy atom. The van der Waals surface area contributed by atoms with E-state index >= 15 is 0 Å². The molecular weight excluding hydrogens is 258 g/mol. The zero-order chi connectivity index (χ0) is 14.0. The van der Waals surface area contributed by atoms with E-state index in [2.05, 4.69) is 40.3 Å². The van der Waals surface area contributed by atoms with Gasteiger partial charge in [-0.25, -0.2) is 9.97 Å². The summed E-state index contributed by atoms with van der Waals surface area (Å²) < 4.78 is 0. The Bertz CT molecular complexity index is 849. The van der Waals surface area contributed by atoms with Crippen molar-refractivity contribution in [2.45, 2.75) is 31.6 Å². The molecule has 3 atom stereocenters. The van der Waals surface area contributed by atoms with Crippen molar-refractivity contribution in [3.05, 3.63) is 59.0 Å². The molecule has 2 aromatic heterocycles. The van der Waals surface area contributed by atoms with Gasteiger partial charge in [0, 0.05) is 11.6 Å². The molecule has 0 amide bonds. The molecule has 5 rings (SSSR count). The first-order valence-corrected chi connectivity index (χ1v) is 7.72. The lowest BCUT2D eigenvalue weighted by Crippen LogP contribution is -2.00. The summed E-state index contributed by atoms with van der Waals surface area (Å²) in [5, 5.41) is 0. The van der Waals surface area contributed by atoms with Crippen molar-refractivity contribution in [3.8, 4) is 0 Å². The van der Waals surface area contributed by atoms with Crippen molar-refractivity contribution in [2.24, 2.45) is 5.92 Å². The van der Waals surface area contributed by atoms with E-state index < -0.39 is 0 Å². The average Bonchev–Trinajstić information content (AvgIpc) is 3.11. The van der Waals surface area contributed by atoms with Gasteiger partial charge >= 0.3 is 0 Å². The number of H-pyrrole nitrogens is 1. The fourth-order valence-corrected chi connectivity index (χ4v) is 4.10. The highest BCUT2D eigenvalue weighted by Gasteiger charge is 2.55. The third kappa shape index (κ3) is 1.60. The SMILES string of the molecule is Cc1ccc2[nH]c(C3C4CCc5ccccc5C43)nc2n1. The monoisotopic (exact) mass is 275 g/mol. The van der Waals surface area contributed by atoms with Crippen LogP contribution in [0.1, 0.15) is 40.9 Å². The number of aromatic nitrogens is 3. The van der Waals surface area contributed by atoms with Crippen LogP contribution in [0.15, 0.2) is 36.4 Å².